The fraction of sp³-hybridized carbons (Fsp3) is 0.467. The van der Waals surface area contributed by atoms with E-state index >= 15 is 0 Å². The molecule has 2 aromatic carbocycles. The van der Waals surface area contributed by atoms with Crippen LogP contribution < -0.4 is 0 Å². The highest BCUT2D eigenvalue weighted by Gasteiger charge is 2.31. The van der Waals surface area contributed by atoms with Crippen molar-refractivity contribution in [2.45, 2.75) is 78.1 Å². The number of aromatic nitrogens is 1. The summed E-state index contributed by atoms with van der Waals surface area (Å²) in [5.41, 5.74) is 2.59. The first-order valence-electron chi connectivity index (χ1n) is 13.1. The lowest BCUT2D eigenvalue weighted by molar-refractivity contribution is -0.137. The highest BCUT2D eigenvalue weighted by Crippen LogP contribution is 2.30. The molecule has 4 rings (SSSR count). The van der Waals surface area contributed by atoms with E-state index in [2.05, 4.69) is 54.9 Å². The van der Waals surface area contributed by atoms with E-state index in [4.69, 9.17) is 4.74 Å². The molecule has 5 nitrogen and oxygen atoms in total. The zero-order valence-corrected chi connectivity index (χ0v) is 23.9. The average Bonchev–Trinajstić information content (AvgIpc) is 3.31. The molecule has 0 spiro atoms. The maximum Gasteiger partial charge on any atom is 0.416 e. The van der Waals surface area contributed by atoms with Crippen molar-refractivity contribution >= 4 is 17.2 Å². The van der Waals surface area contributed by atoms with Crippen LogP contribution in [0.4, 0.5) is 13.2 Å². The van der Waals surface area contributed by atoms with Crippen LogP contribution in [0.3, 0.4) is 0 Å². The largest absolute Gasteiger partial charge is 0.416 e. The monoisotopic (exact) mass is 559 g/mol. The molecule has 1 saturated heterocycles. The van der Waals surface area contributed by atoms with Gasteiger partial charge < -0.3 is 9.64 Å². The van der Waals surface area contributed by atoms with Gasteiger partial charge in [-0.25, -0.2) is 4.98 Å². The van der Waals surface area contributed by atoms with Gasteiger partial charge in [0.2, 0.25) is 0 Å². The van der Waals surface area contributed by atoms with E-state index in [0.29, 0.717) is 44.0 Å². The number of ether oxygens (including phenoxy) is 1. The van der Waals surface area contributed by atoms with E-state index in [0.717, 1.165) is 16.6 Å². The van der Waals surface area contributed by atoms with Gasteiger partial charge >= 0.3 is 6.18 Å². The highest BCUT2D eigenvalue weighted by molar-refractivity contribution is 7.09. The number of morpholine rings is 1. The third-order valence-electron chi connectivity index (χ3n) is 6.72. The summed E-state index contributed by atoms with van der Waals surface area (Å²) >= 11 is 1.39. The predicted molar refractivity (Wildman–Crippen MR) is 148 cm³/mol. The molecule has 39 heavy (non-hydrogen) atoms. The third-order valence-corrected chi connectivity index (χ3v) is 7.56. The van der Waals surface area contributed by atoms with Gasteiger partial charge in [-0.3, -0.25) is 9.69 Å². The van der Waals surface area contributed by atoms with Crippen molar-refractivity contribution in [2.24, 2.45) is 0 Å². The molecule has 9 heteroatoms. The maximum absolute atomic E-state index is 13.3. The lowest BCUT2D eigenvalue weighted by Crippen LogP contribution is -2.48. The van der Waals surface area contributed by atoms with Crippen LogP contribution in [-0.4, -0.2) is 46.0 Å². The van der Waals surface area contributed by atoms with Crippen molar-refractivity contribution in [3.8, 4) is 0 Å². The Hall–Kier alpha value is -2.75. The molecular weight excluding hydrogens is 523 g/mol. The summed E-state index contributed by atoms with van der Waals surface area (Å²) in [7, 11) is 0. The molecule has 1 amide bonds. The maximum atomic E-state index is 13.3. The van der Waals surface area contributed by atoms with Crippen molar-refractivity contribution in [1.82, 2.24) is 14.8 Å². The number of halogens is 3. The zero-order valence-electron chi connectivity index (χ0n) is 23.1. The Labute approximate surface area is 232 Å². The zero-order chi connectivity index (χ0) is 28.4. The first kappa shape index (κ1) is 29.2. The Morgan fingerprint density at radius 2 is 1.62 bits per heavy atom. The molecule has 3 aromatic rings. The Morgan fingerprint density at radius 3 is 2.23 bits per heavy atom. The molecule has 0 aliphatic carbocycles. The van der Waals surface area contributed by atoms with E-state index in [9.17, 15) is 18.0 Å². The van der Waals surface area contributed by atoms with Crippen molar-refractivity contribution in [1.29, 1.82) is 0 Å². The summed E-state index contributed by atoms with van der Waals surface area (Å²) in [6.45, 7) is 12.6. The molecule has 0 N–H and O–H groups in total. The summed E-state index contributed by atoms with van der Waals surface area (Å²) in [5.74, 6) is -0.123. The minimum Gasteiger partial charge on any atom is -0.372 e. The van der Waals surface area contributed by atoms with E-state index in [-0.39, 0.29) is 23.5 Å². The topological polar surface area (TPSA) is 45.7 Å². The Morgan fingerprint density at radius 1 is 0.974 bits per heavy atom. The Bertz CT molecular complexity index is 1260. The van der Waals surface area contributed by atoms with Crippen LogP contribution in [0.5, 0.6) is 0 Å². The minimum atomic E-state index is -4.40. The number of nitrogens with zero attached hydrogens (tertiary/aromatic N) is 3. The van der Waals surface area contributed by atoms with Crippen LogP contribution in [0.25, 0.3) is 0 Å². The van der Waals surface area contributed by atoms with Crippen molar-refractivity contribution in [2.75, 3.05) is 13.1 Å². The molecule has 1 aliphatic rings. The van der Waals surface area contributed by atoms with E-state index in [1.807, 2.05) is 13.8 Å². The molecule has 1 aromatic heterocycles. The summed E-state index contributed by atoms with van der Waals surface area (Å²) in [5, 5.41) is 2.51. The number of rotatable bonds is 7. The fourth-order valence-electron chi connectivity index (χ4n) is 4.82. The van der Waals surface area contributed by atoms with Crippen LogP contribution in [0.1, 0.15) is 72.4 Å². The molecule has 2 atom stereocenters. The molecular formula is C30H36F3N3O2S. The van der Waals surface area contributed by atoms with Crippen LogP contribution in [-0.2, 0) is 36.0 Å². The van der Waals surface area contributed by atoms with E-state index in [1.54, 1.807) is 16.3 Å². The minimum absolute atomic E-state index is 0.0240. The van der Waals surface area contributed by atoms with Crippen molar-refractivity contribution < 1.29 is 22.7 Å². The van der Waals surface area contributed by atoms with Gasteiger partial charge in [0, 0.05) is 31.6 Å². The van der Waals surface area contributed by atoms with Gasteiger partial charge in [-0.05, 0) is 42.0 Å². The summed E-state index contributed by atoms with van der Waals surface area (Å²) in [6.07, 6.45) is -4.48. The number of carbonyl (C=O) groups is 1. The van der Waals surface area contributed by atoms with Crippen molar-refractivity contribution in [3.05, 3.63) is 86.9 Å². The predicted octanol–water partition coefficient (Wildman–Crippen LogP) is 6.91. The van der Waals surface area contributed by atoms with Gasteiger partial charge in [0.25, 0.3) is 5.91 Å². The number of thiazole rings is 1. The van der Waals surface area contributed by atoms with Gasteiger partial charge in [0.15, 0.2) is 0 Å². The van der Waals surface area contributed by atoms with Crippen LogP contribution in [0, 0.1) is 0 Å². The van der Waals surface area contributed by atoms with Crippen molar-refractivity contribution in [3.63, 3.8) is 0 Å². The molecule has 2 unspecified atom stereocenters. The standard InChI is InChI=1S/C30H36F3N3O2S/c1-20-14-36(15-21(2)38-20)28(37)26-19-39-27(34-26)18-35(16-22-9-11-24(12-10-22)29(3,4)5)17-23-7-6-8-25(13-23)30(31,32)33/h6-13,19-21H,14-18H2,1-5H3. The van der Waals surface area contributed by atoms with Crippen LogP contribution in [0.2, 0.25) is 0 Å². The normalized spacial score (nSPS) is 18.5. The number of amides is 1. The number of alkyl halides is 3. The third kappa shape index (κ3) is 7.90. The number of benzene rings is 2. The molecule has 1 aliphatic heterocycles. The summed E-state index contributed by atoms with van der Waals surface area (Å²) in [6, 6.07) is 13.8. The van der Waals surface area contributed by atoms with Gasteiger partial charge in [-0.1, -0.05) is 63.2 Å². The van der Waals surface area contributed by atoms with Crippen LogP contribution in [0.15, 0.2) is 53.9 Å². The highest BCUT2D eigenvalue weighted by atomic mass is 32.1. The quantitative estimate of drug-likeness (QED) is 0.316. The van der Waals surface area contributed by atoms with E-state index < -0.39 is 11.7 Å². The molecule has 210 valence electrons. The SMILES string of the molecule is CC1CN(C(=O)c2csc(CN(Cc3ccc(C(C)(C)C)cc3)Cc3cccc(C(F)(F)F)c3)n2)CC(C)O1. The second-order valence-corrected chi connectivity index (χ2v) is 12.3. The van der Waals surface area contributed by atoms with Gasteiger partial charge in [-0.15, -0.1) is 11.3 Å². The average molecular weight is 560 g/mol. The van der Waals surface area contributed by atoms with Gasteiger partial charge in [0.05, 0.1) is 24.3 Å². The molecule has 2 heterocycles. The second kappa shape index (κ2) is 11.8. The number of carbonyl (C=O) groups excluding carboxylic acids is 1. The number of hydrogen-bond donors (Lipinski definition) is 0. The second-order valence-electron chi connectivity index (χ2n) is 11.4. The molecule has 0 bridgehead atoms. The molecule has 0 saturated carbocycles. The lowest BCUT2D eigenvalue weighted by Gasteiger charge is -2.34. The van der Waals surface area contributed by atoms with Crippen LogP contribution >= 0.6 is 11.3 Å². The Kier molecular flexibility index (Phi) is 8.83. The van der Waals surface area contributed by atoms with E-state index in [1.165, 1.54) is 29.0 Å². The van der Waals surface area contributed by atoms with Gasteiger partial charge in [-0.2, -0.15) is 13.2 Å². The fourth-order valence-corrected chi connectivity index (χ4v) is 5.63. The van der Waals surface area contributed by atoms with Gasteiger partial charge in [0.1, 0.15) is 10.7 Å². The number of hydrogen-bond acceptors (Lipinski definition) is 5. The summed E-state index contributed by atoms with van der Waals surface area (Å²) < 4.78 is 45.8. The first-order valence-corrected chi connectivity index (χ1v) is 14.0. The summed E-state index contributed by atoms with van der Waals surface area (Å²) in [4.78, 5) is 21.6. The smallest absolute Gasteiger partial charge is 0.372 e. The molecule has 1 fully saturated rings. The Balaban J connectivity index is 1.54. The lowest BCUT2D eigenvalue weighted by atomic mass is 9.87. The molecule has 0 radical (unpaired) electrons. The first-order chi connectivity index (χ1) is 18.3.